The van der Waals surface area contributed by atoms with Crippen molar-refractivity contribution in [1.82, 2.24) is 15.5 Å². The number of ether oxygens (including phenoxy) is 2. The molecule has 0 aromatic heterocycles. The van der Waals surface area contributed by atoms with E-state index >= 15 is 0 Å². The van der Waals surface area contributed by atoms with Gasteiger partial charge in [0.1, 0.15) is 11.6 Å². The minimum absolute atomic E-state index is 0.0172. The Morgan fingerprint density at radius 1 is 1.30 bits per heavy atom. The van der Waals surface area contributed by atoms with Gasteiger partial charge >= 0.3 is 6.61 Å². The van der Waals surface area contributed by atoms with E-state index in [9.17, 15) is 13.2 Å². The molecule has 2 N–H and O–H groups in total. The molecule has 2 aliphatic rings. The van der Waals surface area contributed by atoms with Gasteiger partial charge in [0, 0.05) is 38.8 Å². The molecule has 2 heterocycles. The Kier molecular flexibility index (Phi) is 8.62. The average molecular weight is 428 g/mol. The van der Waals surface area contributed by atoms with Crippen LogP contribution in [0, 0.1) is 11.7 Å². The number of aliphatic imine (C=N–C) groups is 1. The fraction of sp³-hybridized carbons (Fsp3) is 0.667. The Hall–Kier alpha value is -2.00. The molecule has 1 aromatic rings. The van der Waals surface area contributed by atoms with Gasteiger partial charge in [0.05, 0.1) is 18.7 Å². The number of hydrogen-bond donors (Lipinski definition) is 2. The van der Waals surface area contributed by atoms with Gasteiger partial charge in [-0.2, -0.15) is 8.78 Å². The van der Waals surface area contributed by atoms with Crippen LogP contribution in [0.2, 0.25) is 0 Å². The fourth-order valence-corrected chi connectivity index (χ4v) is 3.92. The van der Waals surface area contributed by atoms with Crippen LogP contribution in [-0.2, 0) is 11.3 Å². The van der Waals surface area contributed by atoms with Crippen LogP contribution in [0.3, 0.4) is 0 Å². The van der Waals surface area contributed by atoms with E-state index in [1.807, 2.05) is 6.92 Å². The third-order valence-corrected chi connectivity index (χ3v) is 5.50. The van der Waals surface area contributed by atoms with Crippen molar-refractivity contribution in [3.63, 3.8) is 0 Å². The fourth-order valence-electron chi connectivity index (χ4n) is 3.92. The van der Waals surface area contributed by atoms with E-state index in [1.165, 1.54) is 18.2 Å². The molecular formula is C21H31F3N4O2. The van der Waals surface area contributed by atoms with Crippen LogP contribution < -0.4 is 15.4 Å². The highest BCUT2D eigenvalue weighted by molar-refractivity contribution is 5.80. The number of hydrogen-bond acceptors (Lipinski definition) is 4. The first-order valence-electron chi connectivity index (χ1n) is 10.6. The Bertz CT molecular complexity index is 691. The first kappa shape index (κ1) is 22.7. The summed E-state index contributed by atoms with van der Waals surface area (Å²) in [5, 5.41) is 6.54. The standard InChI is InChI=1S/C21H31F3N4O2/c1-2-25-21(26-12-17-18(22)4-3-5-19(17)30-20(23)24)27-16-6-9-28(10-7-16)13-15-8-11-29-14-15/h3-5,15-16,20H,2,6-14H2,1H3,(H2,25,26,27). The SMILES string of the molecule is CCNC(=NCc1c(F)cccc1OC(F)F)NC1CCN(CC2CCOC2)CC1. The molecule has 2 saturated heterocycles. The summed E-state index contributed by atoms with van der Waals surface area (Å²) in [6.45, 7) is 4.32. The van der Waals surface area contributed by atoms with Gasteiger partial charge in [0.25, 0.3) is 0 Å². The molecule has 1 atom stereocenters. The summed E-state index contributed by atoms with van der Waals surface area (Å²) in [7, 11) is 0. The second-order valence-corrected chi connectivity index (χ2v) is 7.74. The lowest BCUT2D eigenvalue weighted by atomic mass is 10.0. The number of nitrogens with zero attached hydrogens (tertiary/aromatic N) is 2. The Labute approximate surface area is 175 Å². The zero-order valence-corrected chi connectivity index (χ0v) is 17.4. The minimum Gasteiger partial charge on any atom is -0.434 e. The van der Waals surface area contributed by atoms with E-state index in [0.717, 1.165) is 52.1 Å². The maximum absolute atomic E-state index is 14.2. The van der Waals surface area contributed by atoms with Gasteiger partial charge in [-0.3, -0.25) is 0 Å². The number of likely N-dealkylation sites (tertiary alicyclic amines) is 1. The van der Waals surface area contributed by atoms with Crippen molar-refractivity contribution < 1.29 is 22.6 Å². The van der Waals surface area contributed by atoms with Gasteiger partial charge in [-0.15, -0.1) is 0 Å². The number of piperidine rings is 1. The maximum atomic E-state index is 14.2. The van der Waals surface area contributed by atoms with Crippen molar-refractivity contribution in [2.45, 2.75) is 45.4 Å². The van der Waals surface area contributed by atoms with Crippen molar-refractivity contribution in [1.29, 1.82) is 0 Å². The van der Waals surface area contributed by atoms with Crippen LogP contribution in [0.1, 0.15) is 31.7 Å². The van der Waals surface area contributed by atoms with Crippen LogP contribution in [0.5, 0.6) is 5.75 Å². The summed E-state index contributed by atoms with van der Waals surface area (Å²) in [4.78, 5) is 6.89. The first-order chi connectivity index (χ1) is 14.5. The van der Waals surface area contributed by atoms with Crippen LogP contribution in [0.25, 0.3) is 0 Å². The van der Waals surface area contributed by atoms with Gasteiger partial charge in [-0.25, -0.2) is 9.38 Å². The van der Waals surface area contributed by atoms with Crippen molar-refractivity contribution in [3.8, 4) is 5.75 Å². The molecule has 6 nitrogen and oxygen atoms in total. The lowest BCUT2D eigenvalue weighted by Gasteiger charge is -2.34. The molecule has 3 rings (SSSR count). The second-order valence-electron chi connectivity index (χ2n) is 7.74. The Balaban J connectivity index is 1.55. The molecule has 1 aromatic carbocycles. The quantitative estimate of drug-likeness (QED) is 0.493. The Morgan fingerprint density at radius 2 is 2.10 bits per heavy atom. The largest absolute Gasteiger partial charge is 0.434 e. The summed E-state index contributed by atoms with van der Waals surface area (Å²) in [6.07, 6.45) is 3.11. The predicted molar refractivity (Wildman–Crippen MR) is 109 cm³/mol. The third-order valence-electron chi connectivity index (χ3n) is 5.50. The van der Waals surface area contributed by atoms with Gasteiger partial charge in [-0.1, -0.05) is 6.07 Å². The molecule has 0 radical (unpaired) electrons. The highest BCUT2D eigenvalue weighted by Crippen LogP contribution is 2.24. The topological polar surface area (TPSA) is 58.1 Å². The van der Waals surface area contributed by atoms with Crippen molar-refractivity contribution in [2.75, 3.05) is 39.4 Å². The highest BCUT2D eigenvalue weighted by Gasteiger charge is 2.24. The monoisotopic (exact) mass is 428 g/mol. The summed E-state index contributed by atoms with van der Waals surface area (Å²) < 4.78 is 49.3. The number of rotatable bonds is 8. The molecule has 9 heteroatoms. The number of halogens is 3. The normalized spacial score (nSPS) is 21.2. The molecule has 0 aliphatic carbocycles. The van der Waals surface area contributed by atoms with Crippen LogP contribution in [0.4, 0.5) is 13.2 Å². The van der Waals surface area contributed by atoms with Crippen molar-refractivity contribution in [2.24, 2.45) is 10.9 Å². The molecule has 0 saturated carbocycles. The van der Waals surface area contributed by atoms with Crippen LogP contribution in [-0.4, -0.2) is 62.9 Å². The summed E-state index contributed by atoms with van der Waals surface area (Å²) in [5.74, 6) is 0.385. The number of guanidine groups is 1. The molecule has 168 valence electrons. The summed E-state index contributed by atoms with van der Waals surface area (Å²) >= 11 is 0. The van der Waals surface area contributed by atoms with E-state index in [2.05, 4.69) is 25.3 Å². The van der Waals surface area contributed by atoms with E-state index < -0.39 is 12.4 Å². The zero-order valence-electron chi connectivity index (χ0n) is 17.4. The molecule has 0 spiro atoms. The van der Waals surface area contributed by atoms with Gasteiger partial charge in [-0.05, 0) is 44.2 Å². The molecular weight excluding hydrogens is 397 g/mol. The lowest BCUT2D eigenvalue weighted by molar-refractivity contribution is -0.0506. The van der Waals surface area contributed by atoms with E-state index in [0.29, 0.717) is 18.4 Å². The van der Waals surface area contributed by atoms with Gasteiger partial charge < -0.3 is 25.0 Å². The van der Waals surface area contributed by atoms with E-state index in [1.54, 1.807) is 0 Å². The molecule has 0 amide bonds. The second kappa shape index (κ2) is 11.4. The van der Waals surface area contributed by atoms with Gasteiger partial charge in [0.15, 0.2) is 5.96 Å². The molecule has 2 aliphatic heterocycles. The summed E-state index contributed by atoms with van der Waals surface area (Å²) in [5.41, 5.74) is 0.0172. The molecule has 2 fully saturated rings. The number of nitrogens with one attached hydrogen (secondary N) is 2. The minimum atomic E-state index is -3.01. The third kappa shape index (κ3) is 6.77. The smallest absolute Gasteiger partial charge is 0.387 e. The predicted octanol–water partition coefficient (Wildman–Crippen LogP) is 2.98. The number of benzene rings is 1. The molecule has 0 bridgehead atoms. The molecule has 1 unspecified atom stereocenters. The van der Waals surface area contributed by atoms with E-state index in [-0.39, 0.29) is 23.9 Å². The number of alkyl halides is 2. The highest BCUT2D eigenvalue weighted by atomic mass is 19.3. The maximum Gasteiger partial charge on any atom is 0.387 e. The van der Waals surface area contributed by atoms with Crippen LogP contribution >= 0.6 is 0 Å². The average Bonchev–Trinajstić information content (AvgIpc) is 3.22. The molecule has 30 heavy (non-hydrogen) atoms. The van der Waals surface area contributed by atoms with Crippen LogP contribution in [0.15, 0.2) is 23.2 Å². The first-order valence-corrected chi connectivity index (χ1v) is 10.6. The summed E-state index contributed by atoms with van der Waals surface area (Å²) in [6, 6.07) is 4.14. The van der Waals surface area contributed by atoms with Gasteiger partial charge in [0.2, 0.25) is 0 Å². The lowest BCUT2D eigenvalue weighted by Crippen LogP contribution is -2.49. The van der Waals surface area contributed by atoms with Crippen molar-refractivity contribution in [3.05, 3.63) is 29.6 Å². The zero-order chi connectivity index (χ0) is 21.3. The van der Waals surface area contributed by atoms with E-state index in [4.69, 9.17) is 4.74 Å². The Morgan fingerprint density at radius 3 is 2.77 bits per heavy atom. The van der Waals surface area contributed by atoms with Crippen molar-refractivity contribution >= 4 is 5.96 Å².